The second-order valence-corrected chi connectivity index (χ2v) is 5.27. The molecule has 1 aliphatic rings. The highest BCUT2D eigenvalue weighted by Crippen LogP contribution is 2.26. The van der Waals surface area contributed by atoms with Crippen LogP contribution in [0, 0.1) is 0 Å². The summed E-state index contributed by atoms with van der Waals surface area (Å²) < 4.78 is 5.82. The van der Waals surface area contributed by atoms with Crippen LogP contribution in [0.2, 0.25) is 0 Å². The minimum absolute atomic E-state index is 0.438. The zero-order valence-corrected chi connectivity index (χ0v) is 11.2. The van der Waals surface area contributed by atoms with E-state index in [0.717, 1.165) is 44.1 Å². The summed E-state index contributed by atoms with van der Waals surface area (Å²) in [6.07, 6.45) is 2.95. The average molecular weight is 257 g/mol. The molecule has 100 valence electrons. The largest absolute Gasteiger partial charge is 0.425 e. The third-order valence-electron chi connectivity index (χ3n) is 3.75. The van der Waals surface area contributed by atoms with E-state index in [9.17, 15) is 0 Å². The fourth-order valence-corrected chi connectivity index (χ4v) is 2.53. The lowest BCUT2D eigenvalue weighted by molar-refractivity contribution is 0.235. The molecule has 0 spiro atoms. The lowest BCUT2D eigenvalue weighted by Crippen LogP contribution is -2.29. The SMILES string of the molecule is CN1CCC(c2nnc(Cc3ccccc3)o2)CC1. The Labute approximate surface area is 113 Å². The summed E-state index contributed by atoms with van der Waals surface area (Å²) in [5.74, 6) is 1.98. The molecule has 19 heavy (non-hydrogen) atoms. The maximum atomic E-state index is 5.82. The van der Waals surface area contributed by atoms with Crippen molar-refractivity contribution in [1.82, 2.24) is 15.1 Å². The van der Waals surface area contributed by atoms with Crippen LogP contribution in [-0.2, 0) is 6.42 Å². The van der Waals surface area contributed by atoms with Crippen molar-refractivity contribution in [3.05, 3.63) is 47.7 Å². The summed E-state index contributed by atoms with van der Waals surface area (Å²) in [5, 5.41) is 8.40. The zero-order valence-electron chi connectivity index (χ0n) is 11.2. The first-order valence-electron chi connectivity index (χ1n) is 6.86. The Balaban J connectivity index is 1.66. The van der Waals surface area contributed by atoms with Crippen LogP contribution in [0.1, 0.15) is 36.1 Å². The molecule has 0 bridgehead atoms. The molecule has 2 heterocycles. The Hall–Kier alpha value is -1.68. The van der Waals surface area contributed by atoms with Gasteiger partial charge in [0.1, 0.15) is 0 Å². The summed E-state index contributed by atoms with van der Waals surface area (Å²) in [4.78, 5) is 2.34. The molecule has 0 N–H and O–H groups in total. The van der Waals surface area contributed by atoms with E-state index < -0.39 is 0 Å². The van der Waals surface area contributed by atoms with Gasteiger partial charge in [-0.1, -0.05) is 30.3 Å². The number of rotatable bonds is 3. The standard InChI is InChI=1S/C15H19N3O/c1-18-9-7-13(8-10-18)15-17-16-14(19-15)11-12-5-3-2-4-6-12/h2-6,13H,7-11H2,1H3. The van der Waals surface area contributed by atoms with Gasteiger partial charge in [0.2, 0.25) is 11.8 Å². The molecule has 0 atom stereocenters. The van der Waals surface area contributed by atoms with E-state index in [0.29, 0.717) is 5.92 Å². The zero-order chi connectivity index (χ0) is 13.1. The van der Waals surface area contributed by atoms with Crippen LogP contribution < -0.4 is 0 Å². The second-order valence-electron chi connectivity index (χ2n) is 5.27. The fourth-order valence-electron chi connectivity index (χ4n) is 2.53. The number of piperidine rings is 1. The fraction of sp³-hybridized carbons (Fsp3) is 0.467. The molecule has 1 aliphatic heterocycles. The van der Waals surface area contributed by atoms with E-state index in [4.69, 9.17) is 4.42 Å². The normalized spacial score (nSPS) is 17.7. The molecule has 0 aliphatic carbocycles. The number of hydrogen-bond acceptors (Lipinski definition) is 4. The van der Waals surface area contributed by atoms with Crippen molar-refractivity contribution in [2.45, 2.75) is 25.2 Å². The Morgan fingerprint density at radius 1 is 1.16 bits per heavy atom. The van der Waals surface area contributed by atoms with Gasteiger partial charge in [0, 0.05) is 5.92 Å². The molecule has 4 heteroatoms. The molecule has 0 amide bonds. The van der Waals surface area contributed by atoms with E-state index in [1.165, 1.54) is 5.56 Å². The first-order valence-corrected chi connectivity index (χ1v) is 6.86. The molecule has 1 fully saturated rings. The molecular weight excluding hydrogens is 238 g/mol. The van der Waals surface area contributed by atoms with Crippen LogP contribution in [0.5, 0.6) is 0 Å². The maximum Gasteiger partial charge on any atom is 0.220 e. The smallest absolute Gasteiger partial charge is 0.220 e. The van der Waals surface area contributed by atoms with Gasteiger partial charge >= 0.3 is 0 Å². The first-order chi connectivity index (χ1) is 9.31. The van der Waals surface area contributed by atoms with Gasteiger partial charge in [0.25, 0.3) is 0 Å². The van der Waals surface area contributed by atoms with Crippen molar-refractivity contribution in [2.75, 3.05) is 20.1 Å². The number of hydrogen-bond donors (Lipinski definition) is 0. The van der Waals surface area contributed by atoms with Crippen molar-refractivity contribution < 1.29 is 4.42 Å². The Morgan fingerprint density at radius 3 is 2.63 bits per heavy atom. The van der Waals surface area contributed by atoms with E-state index in [2.05, 4.69) is 34.3 Å². The number of benzene rings is 1. The highest BCUT2D eigenvalue weighted by Gasteiger charge is 2.23. The Kier molecular flexibility index (Phi) is 3.60. The Bertz CT molecular complexity index is 515. The summed E-state index contributed by atoms with van der Waals surface area (Å²) in [7, 11) is 2.16. The van der Waals surface area contributed by atoms with Crippen molar-refractivity contribution in [2.24, 2.45) is 0 Å². The Morgan fingerprint density at radius 2 is 1.89 bits per heavy atom. The number of nitrogens with zero attached hydrogens (tertiary/aromatic N) is 3. The molecule has 2 aromatic rings. The van der Waals surface area contributed by atoms with Gasteiger partial charge < -0.3 is 9.32 Å². The van der Waals surface area contributed by atoms with Gasteiger partial charge in [-0.3, -0.25) is 0 Å². The van der Waals surface area contributed by atoms with Crippen LogP contribution in [0.15, 0.2) is 34.7 Å². The lowest BCUT2D eigenvalue weighted by atomic mass is 9.97. The first kappa shape index (κ1) is 12.4. The maximum absolute atomic E-state index is 5.82. The van der Waals surface area contributed by atoms with Crippen molar-refractivity contribution >= 4 is 0 Å². The molecule has 4 nitrogen and oxygen atoms in total. The molecular formula is C15H19N3O. The molecule has 1 saturated heterocycles. The van der Waals surface area contributed by atoms with Crippen molar-refractivity contribution in [1.29, 1.82) is 0 Å². The van der Waals surface area contributed by atoms with Crippen LogP contribution >= 0.6 is 0 Å². The van der Waals surface area contributed by atoms with Gasteiger partial charge in [0.15, 0.2) is 0 Å². The predicted molar refractivity (Wildman–Crippen MR) is 73.0 cm³/mol. The molecule has 3 rings (SSSR count). The van der Waals surface area contributed by atoms with Crippen LogP contribution in [0.4, 0.5) is 0 Å². The quantitative estimate of drug-likeness (QED) is 0.847. The summed E-state index contributed by atoms with van der Waals surface area (Å²) in [6.45, 7) is 2.22. The monoisotopic (exact) mass is 257 g/mol. The summed E-state index contributed by atoms with van der Waals surface area (Å²) in [6, 6.07) is 10.2. The molecule has 0 saturated carbocycles. The molecule has 1 aromatic carbocycles. The topological polar surface area (TPSA) is 42.2 Å². The molecule has 0 unspecified atom stereocenters. The van der Waals surface area contributed by atoms with E-state index in [-0.39, 0.29) is 0 Å². The third-order valence-corrected chi connectivity index (χ3v) is 3.75. The van der Waals surface area contributed by atoms with Crippen molar-refractivity contribution in [3.8, 4) is 0 Å². The lowest BCUT2D eigenvalue weighted by Gasteiger charge is -2.26. The van der Waals surface area contributed by atoms with Crippen LogP contribution in [-0.4, -0.2) is 35.2 Å². The highest BCUT2D eigenvalue weighted by atomic mass is 16.4. The number of likely N-dealkylation sites (tertiary alicyclic amines) is 1. The second kappa shape index (κ2) is 5.53. The molecule has 0 radical (unpaired) electrons. The summed E-state index contributed by atoms with van der Waals surface area (Å²) >= 11 is 0. The number of aromatic nitrogens is 2. The van der Waals surface area contributed by atoms with Crippen LogP contribution in [0.3, 0.4) is 0 Å². The highest BCUT2D eigenvalue weighted by molar-refractivity contribution is 5.17. The minimum Gasteiger partial charge on any atom is -0.425 e. The van der Waals surface area contributed by atoms with E-state index in [1.54, 1.807) is 0 Å². The minimum atomic E-state index is 0.438. The average Bonchev–Trinajstić information content (AvgIpc) is 2.89. The predicted octanol–water partition coefficient (Wildman–Crippen LogP) is 2.47. The van der Waals surface area contributed by atoms with Gasteiger partial charge in [-0.15, -0.1) is 10.2 Å². The van der Waals surface area contributed by atoms with Gasteiger partial charge in [-0.2, -0.15) is 0 Å². The van der Waals surface area contributed by atoms with Crippen LogP contribution in [0.25, 0.3) is 0 Å². The van der Waals surface area contributed by atoms with Gasteiger partial charge in [0.05, 0.1) is 6.42 Å². The third kappa shape index (κ3) is 3.01. The van der Waals surface area contributed by atoms with Gasteiger partial charge in [-0.05, 0) is 38.5 Å². The summed E-state index contributed by atoms with van der Waals surface area (Å²) in [5.41, 5.74) is 1.21. The van der Waals surface area contributed by atoms with Crippen molar-refractivity contribution in [3.63, 3.8) is 0 Å². The van der Waals surface area contributed by atoms with E-state index in [1.807, 2.05) is 18.2 Å². The van der Waals surface area contributed by atoms with Gasteiger partial charge in [-0.25, -0.2) is 0 Å². The van der Waals surface area contributed by atoms with E-state index >= 15 is 0 Å². The molecule has 1 aromatic heterocycles.